The van der Waals surface area contributed by atoms with E-state index in [1.165, 1.54) is 32.1 Å². The van der Waals surface area contributed by atoms with Crippen molar-refractivity contribution in [1.29, 1.82) is 0 Å². The maximum atomic E-state index is 5.85. The zero-order valence-corrected chi connectivity index (χ0v) is 10.8. The van der Waals surface area contributed by atoms with Gasteiger partial charge in [-0.05, 0) is 31.1 Å². The second-order valence-corrected chi connectivity index (χ2v) is 6.09. The summed E-state index contributed by atoms with van der Waals surface area (Å²) >= 11 is 5.85. The van der Waals surface area contributed by atoms with E-state index >= 15 is 0 Å². The summed E-state index contributed by atoms with van der Waals surface area (Å²) in [5.74, 6) is 1.82. The normalized spacial score (nSPS) is 31.1. The van der Waals surface area contributed by atoms with Crippen LogP contribution in [0.25, 0.3) is 11.2 Å². The van der Waals surface area contributed by atoms with Crippen LogP contribution in [-0.4, -0.2) is 19.7 Å². The average molecular weight is 263 g/mol. The summed E-state index contributed by atoms with van der Waals surface area (Å²) < 4.78 is 2.21. The zero-order chi connectivity index (χ0) is 12.1. The molecule has 2 unspecified atom stereocenters. The minimum Gasteiger partial charge on any atom is -0.311 e. The van der Waals surface area contributed by atoms with Crippen molar-refractivity contribution in [2.75, 3.05) is 0 Å². The molecule has 0 radical (unpaired) electrons. The van der Waals surface area contributed by atoms with E-state index < -0.39 is 0 Å². The fraction of sp³-hybridized carbons (Fsp3) is 0.615. The van der Waals surface area contributed by atoms with Crippen LogP contribution in [0.5, 0.6) is 0 Å². The van der Waals surface area contributed by atoms with E-state index in [0.29, 0.717) is 11.2 Å². The Hall–Kier alpha value is -1.16. The Kier molecular flexibility index (Phi) is 2.34. The summed E-state index contributed by atoms with van der Waals surface area (Å²) in [6.07, 6.45) is 8.70. The van der Waals surface area contributed by atoms with Crippen molar-refractivity contribution in [3.8, 4) is 0 Å². The maximum Gasteiger partial charge on any atom is 0.182 e. The van der Waals surface area contributed by atoms with Gasteiger partial charge >= 0.3 is 0 Å². The van der Waals surface area contributed by atoms with Gasteiger partial charge in [0.1, 0.15) is 5.52 Å². The van der Waals surface area contributed by atoms with E-state index in [9.17, 15) is 0 Å². The van der Waals surface area contributed by atoms with Gasteiger partial charge in [0.25, 0.3) is 0 Å². The third kappa shape index (κ3) is 1.62. The SMILES string of the molecule is Clc1cc2ncn(C3CC4CC[C@@H](C4)C3)c2nn1. The van der Waals surface area contributed by atoms with E-state index in [1.807, 2.05) is 6.33 Å². The Morgan fingerprint density at radius 3 is 2.67 bits per heavy atom. The van der Waals surface area contributed by atoms with Gasteiger partial charge in [-0.15, -0.1) is 10.2 Å². The Morgan fingerprint density at radius 1 is 1.11 bits per heavy atom. The molecular weight excluding hydrogens is 248 g/mol. The average Bonchev–Trinajstić information content (AvgIpc) is 2.92. The first kappa shape index (κ1) is 10.7. The molecule has 2 fully saturated rings. The summed E-state index contributed by atoms with van der Waals surface area (Å²) in [6.45, 7) is 0. The van der Waals surface area contributed by atoms with Crippen LogP contribution in [0.1, 0.15) is 38.1 Å². The Labute approximate surface area is 110 Å². The number of rotatable bonds is 1. The molecule has 0 aliphatic heterocycles. The van der Waals surface area contributed by atoms with Gasteiger partial charge in [0, 0.05) is 12.1 Å². The molecule has 0 spiro atoms. The van der Waals surface area contributed by atoms with Gasteiger partial charge in [-0.25, -0.2) is 4.98 Å². The summed E-state index contributed by atoms with van der Waals surface area (Å²) in [5, 5.41) is 8.56. The van der Waals surface area contributed by atoms with Crippen molar-refractivity contribution >= 4 is 22.8 Å². The van der Waals surface area contributed by atoms with Crippen LogP contribution in [0.2, 0.25) is 5.15 Å². The van der Waals surface area contributed by atoms with E-state index in [0.717, 1.165) is 23.0 Å². The maximum absolute atomic E-state index is 5.85. The molecule has 0 saturated heterocycles. The van der Waals surface area contributed by atoms with Crippen molar-refractivity contribution < 1.29 is 0 Å². The lowest BCUT2D eigenvalue weighted by Crippen LogP contribution is -2.19. The first-order valence-corrected chi connectivity index (χ1v) is 7.03. The number of imidazole rings is 1. The van der Waals surface area contributed by atoms with Crippen LogP contribution in [0.15, 0.2) is 12.4 Å². The number of aromatic nitrogens is 4. The number of nitrogens with zero attached hydrogens (tertiary/aromatic N) is 4. The fourth-order valence-electron chi connectivity index (χ4n) is 3.78. The molecule has 0 aromatic carbocycles. The minimum absolute atomic E-state index is 0.413. The van der Waals surface area contributed by atoms with Crippen LogP contribution < -0.4 is 0 Å². The molecule has 2 aromatic heterocycles. The van der Waals surface area contributed by atoms with E-state index in [2.05, 4.69) is 19.7 Å². The molecule has 4 rings (SSSR count). The van der Waals surface area contributed by atoms with E-state index in [-0.39, 0.29) is 0 Å². The van der Waals surface area contributed by atoms with Gasteiger partial charge in [-0.3, -0.25) is 0 Å². The predicted molar refractivity (Wildman–Crippen MR) is 69.4 cm³/mol. The minimum atomic E-state index is 0.413. The van der Waals surface area contributed by atoms with Crippen LogP contribution in [0, 0.1) is 11.8 Å². The van der Waals surface area contributed by atoms with Gasteiger partial charge in [0.05, 0.1) is 6.33 Å². The highest BCUT2D eigenvalue weighted by atomic mass is 35.5. The molecule has 2 aromatic rings. The highest BCUT2D eigenvalue weighted by Crippen LogP contribution is 2.46. The highest BCUT2D eigenvalue weighted by Gasteiger charge is 2.35. The monoisotopic (exact) mass is 262 g/mol. The number of hydrogen-bond donors (Lipinski definition) is 0. The van der Waals surface area contributed by atoms with Crippen LogP contribution in [-0.2, 0) is 0 Å². The van der Waals surface area contributed by atoms with E-state index in [1.54, 1.807) is 6.07 Å². The van der Waals surface area contributed by atoms with Gasteiger partial charge in [-0.2, -0.15) is 0 Å². The number of halogens is 1. The van der Waals surface area contributed by atoms with Gasteiger partial charge in [-0.1, -0.05) is 24.4 Å². The molecule has 94 valence electrons. The first-order chi connectivity index (χ1) is 8.79. The van der Waals surface area contributed by atoms with Crippen molar-refractivity contribution in [3.63, 3.8) is 0 Å². The number of hydrogen-bond acceptors (Lipinski definition) is 3. The lowest BCUT2D eigenvalue weighted by molar-refractivity contribution is 0.265. The van der Waals surface area contributed by atoms with Crippen molar-refractivity contribution in [3.05, 3.63) is 17.5 Å². The van der Waals surface area contributed by atoms with Gasteiger partial charge in [0.15, 0.2) is 10.8 Å². The quantitative estimate of drug-likeness (QED) is 0.792. The standard InChI is InChI=1S/C13H15ClN4/c14-12-6-11-13(17-16-12)18(7-15-11)10-4-8-1-2-9(3-8)5-10/h6-10H,1-5H2/t8-,9?,10?/m0/s1. The topological polar surface area (TPSA) is 43.6 Å². The van der Waals surface area contributed by atoms with Crippen LogP contribution in [0.4, 0.5) is 0 Å². The molecule has 2 bridgehead atoms. The summed E-state index contributed by atoms with van der Waals surface area (Å²) in [6, 6.07) is 2.34. The Bertz CT molecular complexity index is 582. The lowest BCUT2D eigenvalue weighted by Gasteiger charge is -2.28. The van der Waals surface area contributed by atoms with Crippen LogP contribution in [0.3, 0.4) is 0 Å². The third-order valence-electron chi connectivity index (χ3n) is 4.55. The van der Waals surface area contributed by atoms with Crippen molar-refractivity contribution in [2.24, 2.45) is 11.8 Å². The van der Waals surface area contributed by atoms with Crippen molar-refractivity contribution in [2.45, 2.75) is 38.1 Å². The summed E-state index contributed by atoms with van der Waals surface area (Å²) in [5.41, 5.74) is 1.73. The van der Waals surface area contributed by atoms with E-state index in [4.69, 9.17) is 11.6 Å². The molecule has 2 heterocycles. The smallest absolute Gasteiger partial charge is 0.182 e. The second kappa shape index (κ2) is 3.92. The molecule has 2 aliphatic carbocycles. The molecule has 0 amide bonds. The Balaban J connectivity index is 1.74. The molecule has 3 atom stereocenters. The largest absolute Gasteiger partial charge is 0.311 e. The predicted octanol–water partition coefficient (Wildman–Crippen LogP) is 3.23. The summed E-state index contributed by atoms with van der Waals surface area (Å²) in [7, 11) is 0. The third-order valence-corrected chi connectivity index (χ3v) is 4.73. The fourth-order valence-corrected chi connectivity index (χ4v) is 3.92. The molecule has 18 heavy (non-hydrogen) atoms. The van der Waals surface area contributed by atoms with Crippen molar-refractivity contribution in [1.82, 2.24) is 19.7 Å². The molecule has 4 nitrogen and oxygen atoms in total. The highest BCUT2D eigenvalue weighted by molar-refractivity contribution is 6.29. The van der Waals surface area contributed by atoms with Crippen LogP contribution >= 0.6 is 11.6 Å². The molecule has 2 aliphatic rings. The molecular formula is C13H15ClN4. The van der Waals surface area contributed by atoms with Gasteiger partial charge < -0.3 is 4.57 Å². The number of fused-ring (bicyclic) bond motifs is 3. The molecule has 2 saturated carbocycles. The second-order valence-electron chi connectivity index (χ2n) is 5.70. The molecule has 5 heteroatoms. The Morgan fingerprint density at radius 2 is 1.89 bits per heavy atom. The molecule has 0 N–H and O–H groups in total. The lowest BCUT2D eigenvalue weighted by atomic mass is 9.85. The van der Waals surface area contributed by atoms with Gasteiger partial charge in [0.2, 0.25) is 0 Å². The first-order valence-electron chi connectivity index (χ1n) is 6.65. The zero-order valence-electron chi connectivity index (χ0n) is 10.1. The summed E-state index contributed by atoms with van der Waals surface area (Å²) in [4.78, 5) is 4.40.